The first-order valence-corrected chi connectivity index (χ1v) is 12.7. The molecule has 2 amide bonds. The molecule has 9 heteroatoms. The van der Waals surface area contributed by atoms with Crippen LogP contribution < -0.4 is 10.6 Å². The number of alkyl carbamates (subject to hydrolysis) is 2. The van der Waals surface area contributed by atoms with Gasteiger partial charge in [-0.2, -0.15) is 0 Å². The number of ketones is 2. The molecule has 0 saturated carbocycles. The van der Waals surface area contributed by atoms with Crippen LogP contribution in [0.4, 0.5) is 9.59 Å². The zero-order valence-corrected chi connectivity index (χ0v) is 22.8. The molecule has 9 nitrogen and oxygen atoms in total. The molecule has 0 aliphatic rings. The van der Waals surface area contributed by atoms with Crippen LogP contribution in [0.25, 0.3) is 0 Å². The first-order chi connectivity index (χ1) is 16.1. The fourth-order valence-electron chi connectivity index (χ4n) is 3.39. The second-order valence-electron chi connectivity index (χ2n) is 11.3. The molecule has 0 unspecified atom stereocenters. The molecule has 3 N–H and O–H groups in total. The molecule has 204 valence electrons. The van der Waals surface area contributed by atoms with E-state index in [0.29, 0.717) is 64.5 Å². The molecule has 2 atom stereocenters. The molecule has 0 heterocycles. The molecular weight excluding hydrogens is 452 g/mol. The average Bonchev–Trinajstić information content (AvgIpc) is 2.64. The molecule has 35 heavy (non-hydrogen) atoms. The van der Waals surface area contributed by atoms with Crippen LogP contribution in [-0.2, 0) is 19.1 Å². The standard InChI is InChI=1S/C26H48N2O7/c1-19(16-20(29)12-8-10-14-27-23(32)34-25(2,3)4)17-22(31)18-21(30)13-9-11-15-28-24(33)35-26(5,6)7/h19,22,31H,8-18H2,1-7H3,(H,27,32)(H,28,33)/t19-,22+/m0/s1. The number of hydrogen-bond donors (Lipinski definition) is 3. The lowest BCUT2D eigenvalue weighted by molar-refractivity contribution is -0.121. The Labute approximate surface area is 211 Å². The van der Waals surface area contributed by atoms with E-state index in [9.17, 15) is 24.3 Å². The average molecular weight is 501 g/mol. The number of carbonyl (C=O) groups excluding carboxylic acids is 4. The van der Waals surface area contributed by atoms with E-state index in [1.807, 2.05) is 6.92 Å². The van der Waals surface area contributed by atoms with Gasteiger partial charge >= 0.3 is 12.2 Å². The second kappa shape index (κ2) is 16.5. The fourth-order valence-corrected chi connectivity index (χ4v) is 3.39. The molecule has 0 aliphatic carbocycles. The summed E-state index contributed by atoms with van der Waals surface area (Å²) >= 11 is 0. The molecule has 0 rings (SSSR count). The van der Waals surface area contributed by atoms with Crippen LogP contribution in [-0.4, -0.2) is 59.3 Å². The Bertz CT molecular complexity index is 610. The van der Waals surface area contributed by atoms with Crippen molar-refractivity contribution in [1.82, 2.24) is 10.6 Å². The number of amides is 2. The lowest BCUT2D eigenvalue weighted by Gasteiger charge is -2.19. The van der Waals surface area contributed by atoms with Gasteiger partial charge in [-0.3, -0.25) is 9.59 Å². The maximum absolute atomic E-state index is 12.2. The molecule has 0 aliphatic heterocycles. The van der Waals surface area contributed by atoms with Crippen molar-refractivity contribution in [2.45, 2.75) is 124 Å². The van der Waals surface area contributed by atoms with Gasteiger partial charge in [-0.25, -0.2) is 9.59 Å². The van der Waals surface area contributed by atoms with Crippen molar-refractivity contribution < 1.29 is 33.8 Å². The van der Waals surface area contributed by atoms with E-state index in [1.165, 1.54) is 0 Å². The highest BCUT2D eigenvalue weighted by Crippen LogP contribution is 2.16. The van der Waals surface area contributed by atoms with Crippen molar-refractivity contribution in [3.05, 3.63) is 0 Å². The summed E-state index contributed by atoms with van der Waals surface area (Å²) in [6.45, 7) is 13.6. The largest absolute Gasteiger partial charge is 0.444 e. The summed E-state index contributed by atoms with van der Waals surface area (Å²) < 4.78 is 10.3. The van der Waals surface area contributed by atoms with E-state index < -0.39 is 29.5 Å². The minimum absolute atomic E-state index is 0.0109. The maximum Gasteiger partial charge on any atom is 0.407 e. The molecule has 0 aromatic heterocycles. The van der Waals surface area contributed by atoms with E-state index in [1.54, 1.807) is 41.5 Å². The summed E-state index contributed by atoms with van der Waals surface area (Å²) in [4.78, 5) is 47.4. The Balaban J connectivity index is 3.88. The van der Waals surface area contributed by atoms with Crippen LogP contribution in [0.2, 0.25) is 0 Å². The monoisotopic (exact) mass is 500 g/mol. The molecule has 0 bridgehead atoms. The number of carbonyl (C=O) groups is 4. The lowest BCUT2D eigenvalue weighted by atomic mass is 9.93. The topological polar surface area (TPSA) is 131 Å². The SMILES string of the molecule is C[C@@H](CC(=O)CCCCNC(=O)OC(C)(C)C)C[C@@H](O)CC(=O)CCCCNC(=O)OC(C)(C)C. The molecule has 0 saturated heterocycles. The first kappa shape index (κ1) is 32.8. The minimum atomic E-state index is -0.761. The summed E-state index contributed by atoms with van der Waals surface area (Å²) in [5.74, 6) is 0.0831. The van der Waals surface area contributed by atoms with Gasteiger partial charge in [-0.1, -0.05) is 6.92 Å². The van der Waals surface area contributed by atoms with Crippen molar-refractivity contribution in [3.63, 3.8) is 0 Å². The predicted molar refractivity (Wildman–Crippen MR) is 135 cm³/mol. The summed E-state index contributed by atoms with van der Waals surface area (Å²) in [5, 5.41) is 15.5. The van der Waals surface area contributed by atoms with Gasteiger partial charge in [0.2, 0.25) is 0 Å². The maximum atomic E-state index is 12.2. The molecule has 0 aromatic carbocycles. The van der Waals surface area contributed by atoms with Crippen molar-refractivity contribution in [1.29, 1.82) is 0 Å². The minimum Gasteiger partial charge on any atom is -0.444 e. The third kappa shape index (κ3) is 22.1. The Morgan fingerprint density at radius 2 is 1.11 bits per heavy atom. The quantitative estimate of drug-likeness (QED) is 0.262. The van der Waals surface area contributed by atoms with E-state index in [-0.39, 0.29) is 23.9 Å². The smallest absolute Gasteiger partial charge is 0.407 e. The van der Waals surface area contributed by atoms with E-state index in [2.05, 4.69) is 10.6 Å². The Kier molecular flexibility index (Phi) is 15.5. The van der Waals surface area contributed by atoms with E-state index in [0.717, 1.165) is 0 Å². The Morgan fingerprint density at radius 1 is 0.714 bits per heavy atom. The fraction of sp³-hybridized carbons (Fsp3) is 0.846. The molecule has 0 spiro atoms. The predicted octanol–water partition coefficient (Wildman–Crippen LogP) is 4.68. The van der Waals surface area contributed by atoms with Gasteiger partial charge in [-0.15, -0.1) is 0 Å². The van der Waals surface area contributed by atoms with Crippen molar-refractivity contribution >= 4 is 23.8 Å². The Hall–Kier alpha value is -2.16. The van der Waals surface area contributed by atoms with E-state index >= 15 is 0 Å². The number of ether oxygens (including phenoxy) is 2. The molecule has 0 fully saturated rings. The van der Waals surface area contributed by atoms with Gasteiger partial charge in [-0.05, 0) is 79.6 Å². The van der Waals surface area contributed by atoms with Gasteiger partial charge in [0.05, 0.1) is 6.10 Å². The highest BCUT2D eigenvalue weighted by molar-refractivity contribution is 5.79. The number of rotatable bonds is 16. The van der Waals surface area contributed by atoms with Gasteiger partial charge < -0.3 is 25.2 Å². The number of aliphatic hydroxyl groups excluding tert-OH is 1. The number of Topliss-reactive ketones (excluding diaryl/α,β-unsaturated/α-hetero) is 2. The first-order valence-electron chi connectivity index (χ1n) is 12.7. The van der Waals surface area contributed by atoms with Gasteiger partial charge in [0.15, 0.2) is 0 Å². The third-order valence-corrected chi connectivity index (χ3v) is 4.82. The van der Waals surface area contributed by atoms with Crippen LogP contribution in [0, 0.1) is 5.92 Å². The van der Waals surface area contributed by atoms with Crippen molar-refractivity contribution in [3.8, 4) is 0 Å². The van der Waals surface area contributed by atoms with E-state index in [4.69, 9.17) is 9.47 Å². The van der Waals surface area contributed by atoms with Gasteiger partial charge in [0.25, 0.3) is 0 Å². The highest BCUT2D eigenvalue weighted by Gasteiger charge is 2.18. The van der Waals surface area contributed by atoms with Gasteiger partial charge in [0.1, 0.15) is 22.8 Å². The molecular formula is C26H48N2O7. The Morgan fingerprint density at radius 3 is 1.51 bits per heavy atom. The second-order valence-corrected chi connectivity index (χ2v) is 11.3. The van der Waals surface area contributed by atoms with Crippen molar-refractivity contribution in [2.75, 3.05) is 13.1 Å². The summed E-state index contributed by atoms with van der Waals surface area (Å²) in [7, 11) is 0. The zero-order valence-electron chi connectivity index (χ0n) is 22.8. The molecule has 0 aromatic rings. The normalized spacial score (nSPS) is 13.5. The van der Waals surface area contributed by atoms with Crippen LogP contribution in [0.1, 0.15) is 106 Å². The van der Waals surface area contributed by atoms with Crippen molar-refractivity contribution in [2.24, 2.45) is 5.92 Å². The highest BCUT2D eigenvalue weighted by atomic mass is 16.6. The lowest BCUT2D eigenvalue weighted by Crippen LogP contribution is -2.33. The van der Waals surface area contributed by atoms with Crippen LogP contribution in [0.5, 0.6) is 0 Å². The zero-order chi connectivity index (χ0) is 27.1. The molecule has 0 radical (unpaired) electrons. The van der Waals surface area contributed by atoms with Crippen LogP contribution in [0.3, 0.4) is 0 Å². The van der Waals surface area contributed by atoms with Gasteiger partial charge in [0, 0.05) is 38.8 Å². The third-order valence-electron chi connectivity index (χ3n) is 4.82. The van der Waals surface area contributed by atoms with Crippen LogP contribution >= 0.6 is 0 Å². The summed E-state index contributed by atoms with van der Waals surface area (Å²) in [6.07, 6.45) is 2.55. The number of unbranched alkanes of at least 4 members (excludes halogenated alkanes) is 2. The number of nitrogens with one attached hydrogen (secondary N) is 2. The van der Waals surface area contributed by atoms with Crippen LogP contribution in [0.15, 0.2) is 0 Å². The number of hydrogen-bond acceptors (Lipinski definition) is 7. The summed E-state index contributed by atoms with van der Waals surface area (Å²) in [6, 6.07) is 0. The summed E-state index contributed by atoms with van der Waals surface area (Å²) in [5.41, 5.74) is -1.08. The number of aliphatic hydroxyl groups is 1.